The van der Waals surface area contributed by atoms with Gasteiger partial charge in [-0.15, -0.1) is 0 Å². The van der Waals surface area contributed by atoms with E-state index in [1.54, 1.807) is 12.1 Å². The van der Waals surface area contributed by atoms with E-state index in [4.69, 9.17) is 9.47 Å². The molecule has 0 saturated heterocycles. The lowest BCUT2D eigenvalue weighted by Gasteiger charge is -2.21. The van der Waals surface area contributed by atoms with E-state index >= 15 is 0 Å². The van der Waals surface area contributed by atoms with Crippen LogP contribution in [0.3, 0.4) is 0 Å². The fourth-order valence-electron chi connectivity index (χ4n) is 3.24. The Morgan fingerprint density at radius 3 is 2.50 bits per heavy atom. The van der Waals surface area contributed by atoms with Crippen LogP contribution in [0.15, 0.2) is 71.6 Å². The van der Waals surface area contributed by atoms with Gasteiger partial charge in [0, 0.05) is 5.56 Å². The Labute approximate surface area is 185 Å². The minimum absolute atomic E-state index is 0.152. The number of carbonyl (C=O) groups excluding carboxylic acids is 1. The number of nitrogens with one attached hydrogen (secondary N) is 2. The number of ether oxygens (including phenoxy) is 2. The van der Waals surface area contributed by atoms with E-state index in [1.165, 1.54) is 42.5 Å². The van der Waals surface area contributed by atoms with Gasteiger partial charge >= 0.3 is 0 Å². The van der Waals surface area contributed by atoms with Crippen LogP contribution in [0.4, 0.5) is 10.1 Å². The summed E-state index contributed by atoms with van der Waals surface area (Å²) in [7, 11) is -4.08. The van der Waals surface area contributed by atoms with Gasteiger partial charge in [-0.25, -0.2) is 12.8 Å². The lowest BCUT2D eigenvalue weighted by molar-refractivity contribution is 0.0939. The highest BCUT2D eigenvalue weighted by molar-refractivity contribution is 7.92. The monoisotopic (exact) mass is 456 g/mol. The van der Waals surface area contributed by atoms with E-state index in [0.717, 1.165) is 11.6 Å². The standard InChI is InChI=1S/C23H21FN2O5S/c1-15(16-9-10-21-22(14-16)31-12-11-30-21)25-23(27)17-5-4-6-18(13-17)32(28,29)26-20-8-3-2-7-19(20)24/h2-10,13-15,26H,11-12H2,1H3,(H,25,27)/t15-/m1/s1. The van der Waals surface area contributed by atoms with Crippen molar-refractivity contribution in [3.8, 4) is 11.5 Å². The summed E-state index contributed by atoms with van der Waals surface area (Å²) in [5, 5.41) is 2.85. The Morgan fingerprint density at radius 1 is 0.969 bits per heavy atom. The molecular weight excluding hydrogens is 435 g/mol. The number of carbonyl (C=O) groups is 1. The summed E-state index contributed by atoms with van der Waals surface area (Å²) in [6.07, 6.45) is 0. The van der Waals surface area contributed by atoms with Crippen molar-refractivity contribution in [1.29, 1.82) is 0 Å². The molecule has 1 aliphatic rings. The number of halogens is 1. The summed E-state index contributed by atoms with van der Waals surface area (Å²) in [4.78, 5) is 12.6. The molecule has 0 aromatic heterocycles. The zero-order chi connectivity index (χ0) is 22.7. The first-order valence-corrected chi connectivity index (χ1v) is 11.4. The predicted octanol–water partition coefficient (Wildman–Crippen LogP) is 3.89. The number of rotatable bonds is 6. The van der Waals surface area contributed by atoms with Crippen LogP contribution in [-0.4, -0.2) is 27.5 Å². The fourth-order valence-corrected chi connectivity index (χ4v) is 4.36. The highest BCUT2D eigenvalue weighted by atomic mass is 32.2. The maximum atomic E-state index is 13.8. The van der Waals surface area contributed by atoms with Crippen molar-refractivity contribution in [2.45, 2.75) is 17.9 Å². The maximum Gasteiger partial charge on any atom is 0.262 e. The minimum atomic E-state index is -4.08. The molecule has 32 heavy (non-hydrogen) atoms. The number of anilines is 1. The Bertz CT molecular complexity index is 1260. The van der Waals surface area contributed by atoms with Crippen molar-refractivity contribution in [2.75, 3.05) is 17.9 Å². The molecule has 0 saturated carbocycles. The first-order valence-electron chi connectivity index (χ1n) is 9.91. The summed E-state index contributed by atoms with van der Waals surface area (Å²) in [6.45, 7) is 2.76. The number of sulfonamides is 1. The second-order valence-electron chi connectivity index (χ2n) is 7.21. The Hall–Kier alpha value is -3.59. The van der Waals surface area contributed by atoms with Crippen LogP contribution in [0.25, 0.3) is 0 Å². The average molecular weight is 456 g/mol. The summed E-state index contributed by atoms with van der Waals surface area (Å²) in [6, 6.07) is 16.1. The largest absolute Gasteiger partial charge is 0.486 e. The third-order valence-electron chi connectivity index (χ3n) is 4.94. The molecule has 1 aliphatic heterocycles. The Balaban J connectivity index is 1.50. The van der Waals surface area contributed by atoms with Gasteiger partial charge in [0.15, 0.2) is 11.5 Å². The van der Waals surface area contributed by atoms with Crippen LogP contribution in [0.1, 0.15) is 28.9 Å². The van der Waals surface area contributed by atoms with Crippen LogP contribution in [0, 0.1) is 5.82 Å². The molecular formula is C23H21FN2O5S. The van der Waals surface area contributed by atoms with Crippen LogP contribution < -0.4 is 19.5 Å². The minimum Gasteiger partial charge on any atom is -0.486 e. The van der Waals surface area contributed by atoms with Gasteiger partial charge in [0.2, 0.25) is 0 Å². The molecule has 0 aliphatic carbocycles. The quantitative estimate of drug-likeness (QED) is 0.587. The number of amides is 1. The predicted molar refractivity (Wildman–Crippen MR) is 117 cm³/mol. The molecule has 9 heteroatoms. The van der Waals surface area contributed by atoms with E-state index in [0.29, 0.717) is 24.7 Å². The zero-order valence-corrected chi connectivity index (χ0v) is 18.0. The number of benzene rings is 3. The first-order chi connectivity index (χ1) is 15.3. The fraction of sp³-hybridized carbons (Fsp3) is 0.174. The van der Waals surface area contributed by atoms with E-state index < -0.39 is 21.7 Å². The molecule has 3 aromatic carbocycles. The molecule has 0 radical (unpaired) electrons. The highest BCUT2D eigenvalue weighted by Gasteiger charge is 2.20. The normalized spacial score (nSPS) is 13.8. The van der Waals surface area contributed by atoms with Crippen LogP contribution in [-0.2, 0) is 10.0 Å². The van der Waals surface area contributed by atoms with Crippen molar-refractivity contribution < 1.29 is 27.1 Å². The second-order valence-corrected chi connectivity index (χ2v) is 8.89. The van der Waals surface area contributed by atoms with Crippen molar-refractivity contribution in [3.63, 3.8) is 0 Å². The van der Waals surface area contributed by atoms with Crippen molar-refractivity contribution in [1.82, 2.24) is 5.32 Å². The SMILES string of the molecule is C[C@@H](NC(=O)c1cccc(S(=O)(=O)Nc2ccccc2F)c1)c1ccc2c(c1)OCCO2. The van der Waals surface area contributed by atoms with Gasteiger partial charge in [-0.1, -0.05) is 24.3 Å². The second kappa shape index (κ2) is 8.88. The number of hydrogen-bond donors (Lipinski definition) is 2. The van der Waals surface area contributed by atoms with Crippen molar-refractivity contribution >= 4 is 21.6 Å². The van der Waals surface area contributed by atoms with Gasteiger partial charge in [-0.05, 0) is 55.0 Å². The molecule has 1 amide bonds. The van der Waals surface area contributed by atoms with Crippen molar-refractivity contribution in [2.24, 2.45) is 0 Å². The molecule has 2 N–H and O–H groups in total. The molecule has 3 aromatic rings. The molecule has 166 valence electrons. The van der Waals surface area contributed by atoms with Crippen molar-refractivity contribution in [3.05, 3.63) is 83.7 Å². The molecule has 1 atom stereocenters. The van der Waals surface area contributed by atoms with Gasteiger partial charge < -0.3 is 14.8 Å². The lowest BCUT2D eigenvalue weighted by atomic mass is 10.1. The Kier molecular flexibility index (Phi) is 6.00. The topological polar surface area (TPSA) is 93.7 Å². The summed E-state index contributed by atoms with van der Waals surface area (Å²) >= 11 is 0. The summed E-state index contributed by atoms with van der Waals surface area (Å²) < 4.78 is 52.5. The Morgan fingerprint density at radius 2 is 1.72 bits per heavy atom. The van der Waals surface area contributed by atoms with E-state index in [1.807, 2.05) is 13.0 Å². The van der Waals surface area contributed by atoms with Gasteiger partial charge in [0.1, 0.15) is 19.0 Å². The van der Waals surface area contributed by atoms with Gasteiger partial charge in [0.05, 0.1) is 16.6 Å². The lowest BCUT2D eigenvalue weighted by Crippen LogP contribution is -2.27. The van der Waals surface area contributed by atoms with Gasteiger partial charge in [-0.2, -0.15) is 0 Å². The first kappa shape index (κ1) is 21.6. The smallest absolute Gasteiger partial charge is 0.262 e. The average Bonchev–Trinajstić information content (AvgIpc) is 2.80. The molecule has 7 nitrogen and oxygen atoms in total. The number of hydrogen-bond acceptors (Lipinski definition) is 5. The van der Waals surface area contributed by atoms with Gasteiger partial charge in [0.25, 0.3) is 15.9 Å². The van der Waals surface area contributed by atoms with Crippen LogP contribution >= 0.6 is 0 Å². The van der Waals surface area contributed by atoms with Crippen LogP contribution in [0.5, 0.6) is 11.5 Å². The maximum absolute atomic E-state index is 13.8. The number of fused-ring (bicyclic) bond motifs is 1. The van der Waals surface area contributed by atoms with Crippen LogP contribution in [0.2, 0.25) is 0 Å². The molecule has 0 spiro atoms. The van der Waals surface area contributed by atoms with E-state index in [9.17, 15) is 17.6 Å². The third kappa shape index (κ3) is 4.67. The molecule has 0 bridgehead atoms. The molecule has 0 fully saturated rings. The highest BCUT2D eigenvalue weighted by Crippen LogP contribution is 2.32. The number of para-hydroxylation sites is 1. The summed E-state index contributed by atoms with van der Waals surface area (Å²) in [5.74, 6) is 0.120. The van der Waals surface area contributed by atoms with E-state index in [-0.39, 0.29) is 22.2 Å². The van der Waals surface area contributed by atoms with Gasteiger partial charge in [-0.3, -0.25) is 9.52 Å². The molecule has 4 rings (SSSR count). The molecule has 1 heterocycles. The summed E-state index contributed by atoms with van der Waals surface area (Å²) in [5.41, 5.74) is 0.799. The molecule has 0 unspecified atom stereocenters. The third-order valence-corrected chi connectivity index (χ3v) is 6.30. The van der Waals surface area contributed by atoms with E-state index in [2.05, 4.69) is 10.0 Å². The zero-order valence-electron chi connectivity index (χ0n) is 17.2.